The van der Waals surface area contributed by atoms with Crippen LogP contribution in [0.2, 0.25) is 0 Å². The number of alkyl halides is 4. The molecule has 38 nitrogen and oxygen atoms in total. The van der Waals surface area contributed by atoms with Crippen molar-refractivity contribution in [1.29, 1.82) is 0 Å². The number of nitrogens with zero attached hydrogens (tertiary/aromatic N) is 14. The van der Waals surface area contributed by atoms with Gasteiger partial charge in [-0.3, -0.25) is 46.8 Å². The zero-order valence-corrected chi connectivity index (χ0v) is 51.4. The molecule has 14 N–H and O–H groups in total. The van der Waals surface area contributed by atoms with Gasteiger partial charge in [0.15, 0.2) is 83.2 Å². The summed E-state index contributed by atoms with van der Waals surface area (Å²) in [6.07, 6.45) is -21.4. The first-order valence-corrected chi connectivity index (χ1v) is 36.2. The summed E-state index contributed by atoms with van der Waals surface area (Å²) in [4.78, 5) is 97.5. The van der Waals surface area contributed by atoms with Crippen LogP contribution in [-0.4, -0.2) is 199 Å². The Morgan fingerprint density at radius 2 is 0.822 bits per heavy atom. The molecule has 484 valence electrons. The van der Waals surface area contributed by atoms with E-state index < -0.39 is 163 Å². The fraction of sp³-hybridized carbons (Fsp3) is 0.500. The van der Waals surface area contributed by atoms with Crippen LogP contribution in [0.15, 0.2) is 46.8 Å². The maximum Gasteiger partial charge on any atom is 0.325 e. The maximum atomic E-state index is 16.0. The number of imidazole rings is 2. The van der Waals surface area contributed by atoms with Gasteiger partial charge in [0.2, 0.25) is 11.9 Å². The number of H-pyrrole nitrogens is 2. The Morgan fingerprint density at radius 3 is 1.20 bits per heavy atom. The normalized spacial score (nSPS) is 37.7. The lowest BCUT2D eigenvalue weighted by Crippen LogP contribution is -2.34. The van der Waals surface area contributed by atoms with Gasteiger partial charge in [-0.1, -0.05) is 10.4 Å². The fourth-order valence-corrected chi connectivity index (χ4v) is 16.1. The van der Waals surface area contributed by atoms with Gasteiger partial charge in [-0.25, -0.2) is 37.5 Å². The van der Waals surface area contributed by atoms with E-state index in [1.54, 1.807) is 0 Å². The van der Waals surface area contributed by atoms with E-state index in [1.165, 1.54) is 46.3 Å². The number of fused-ring (bicyclic) bond motifs is 10. The Kier molecular flexibility index (Phi) is 16.9. The molecule has 6 aliphatic rings. The second-order valence-electron chi connectivity index (χ2n) is 20.1. The van der Waals surface area contributed by atoms with Crippen LogP contribution < -0.4 is 34.1 Å². The molecule has 90 heavy (non-hydrogen) atoms. The number of halogens is 4. The molecule has 6 aliphatic heterocycles. The molecule has 0 amide bonds. The summed E-state index contributed by atoms with van der Waals surface area (Å²) >= 11 is 20.5. The predicted octanol–water partition coefficient (Wildman–Crippen LogP) is -0.309. The van der Waals surface area contributed by atoms with Gasteiger partial charge < -0.3 is 79.6 Å². The van der Waals surface area contributed by atoms with Crippen molar-refractivity contribution in [2.45, 2.75) is 98.4 Å². The number of aromatic nitrogens is 16. The molecule has 6 fully saturated rings. The van der Waals surface area contributed by atoms with E-state index in [4.69, 9.17) is 125 Å². The SMILES string of the molecule is Nc1nc2c(nnn2[C@@H]2O[C@@H]3COP(O)(=S)O[C@H]4[C@H](F)[C@H](n5cnc6c(N)ccnc65)O[C@@H]4COP(O)(=S)O[C@@H]2[C@H]3F)c(=O)[nH]1.Nc1nc2c(nnn2[C@@H]2O[C@@H]3COP(O)(=S)O[C@H]4[C@H](F)[C@H](n5cnc6c(N)ccnc65)O[C@@H]4COP(O)(=S)O[C@@H]2[C@H]3F)c(=O)[nH]1. The minimum Gasteiger partial charge on any atom is -0.397 e. The van der Waals surface area contributed by atoms with Gasteiger partial charge in [-0.15, -0.1) is 10.2 Å². The zero-order valence-electron chi connectivity index (χ0n) is 44.5. The summed E-state index contributed by atoms with van der Waals surface area (Å²) < 4.78 is 135. The summed E-state index contributed by atoms with van der Waals surface area (Å²) in [6, 6.07) is 3.03. The van der Waals surface area contributed by atoms with Crippen molar-refractivity contribution in [3.63, 3.8) is 0 Å². The number of anilines is 4. The summed E-state index contributed by atoms with van der Waals surface area (Å²) in [5.41, 5.74) is 22.4. The number of aromatic amines is 2. The zero-order chi connectivity index (χ0) is 63.7. The molecule has 6 saturated heterocycles. The molecule has 0 spiro atoms. The quantitative estimate of drug-likeness (QED) is 0.0798. The molecule has 20 atom stereocenters. The van der Waals surface area contributed by atoms with E-state index in [0.717, 1.165) is 9.36 Å². The van der Waals surface area contributed by atoms with Crippen LogP contribution in [0.5, 0.6) is 0 Å². The highest BCUT2D eigenvalue weighted by Crippen LogP contribution is 2.57. The van der Waals surface area contributed by atoms with Crippen molar-refractivity contribution in [3.05, 3.63) is 57.9 Å². The first-order chi connectivity index (χ1) is 42.6. The second-order valence-corrected chi connectivity index (χ2v) is 31.3. The molecule has 4 bridgehead atoms. The molecule has 0 saturated carbocycles. The van der Waals surface area contributed by atoms with E-state index in [-0.39, 0.29) is 67.9 Å². The van der Waals surface area contributed by atoms with Crippen LogP contribution in [-0.2, 0) is 102 Å². The number of nitrogen functional groups attached to an aromatic ring is 4. The molecular weight excluding hydrogens is 1380 g/mol. The Hall–Kier alpha value is -5.32. The predicted molar refractivity (Wildman–Crippen MR) is 309 cm³/mol. The van der Waals surface area contributed by atoms with E-state index >= 15 is 17.6 Å². The van der Waals surface area contributed by atoms with Crippen LogP contribution in [0.1, 0.15) is 24.9 Å². The van der Waals surface area contributed by atoms with E-state index in [9.17, 15) is 29.2 Å². The van der Waals surface area contributed by atoms with Crippen LogP contribution in [0.25, 0.3) is 44.7 Å². The van der Waals surface area contributed by atoms with Gasteiger partial charge in [-0.05, 0) is 59.4 Å². The molecular formula is C40H44F4N20O18P4S4. The standard InChI is InChI=1S/2C20H22F2N10O9P2S2/c2*21-9-7-3-36-42(34,44)40-13-8(39-18(10(13)22)31-5-26-11-6(23)1-2-25-15(11)31)4-37-43(35,45)41-14(9)19(38-7)32-16-12(29-30-32)17(33)28-20(24)27-16/h2*1-2,5,7-10,13-14,18-19H,3-4H2,(H2,23,25)(H,34,44)(H,35,45)(H3,24,27,28,33)/t2*7-,8-,9+,10+,13-,14-,18-,19-,42?,43?/m11/s1. The van der Waals surface area contributed by atoms with Crippen molar-refractivity contribution >= 4 is 142 Å². The van der Waals surface area contributed by atoms with Crippen molar-refractivity contribution < 1.29 is 92.3 Å². The maximum absolute atomic E-state index is 16.0. The van der Waals surface area contributed by atoms with Crippen LogP contribution >= 0.6 is 26.9 Å². The molecule has 0 aromatic carbocycles. The van der Waals surface area contributed by atoms with Crippen molar-refractivity contribution in [3.8, 4) is 0 Å². The van der Waals surface area contributed by atoms with Gasteiger partial charge in [-0.2, -0.15) is 19.3 Å². The Labute approximate surface area is 516 Å². The van der Waals surface area contributed by atoms with Gasteiger partial charge in [0.1, 0.15) is 59.9 Å². The molecule has 0 aliphatic carbocycles. The molecule has 8 aromatic heterocycles. The first-order valence-electron chi connectivity index (χ1n) is 25.8. The largest absolute Gasteiger partial charge is 0.397 e. The highest BCUT2D eigenvalue weighted by molar-refractivity contribution is 8.08. The third-order valence-electron chi connectivity index (χ3n) is 14.4. The molecule has 14 heterocycles. The van der Waals surface area contributed by atoms with Crippen molar-refractivity contribution in [2.75, 3.05) is 49.4 Å². The van der Waals surface area contributed by atoms with E-state index in [2.05, 4.69) is 60.5 Å². The topological polar surface area (TPSA) is 510 Å². The molecule has 50 heteroatoms. The number of hydrogen-bond acceptors (Lipinski definition) is 32. The monoisotopic (exact) mass is 1420 g/mol. The molecule has 14 rings (SSSR count). The Balaban J connectivity index is 0.000000165. The van der Waals surface area contributed by atoms with Gasteiger partial charge >= 0.3 is 26.9 Å². The number of pyridine rings is 2. The highest BCUT2D eigenvalue weighted by atomic mass is 32.5. The van der Waals surface area contributed by atoms with Gasteiger partial charge in [0.25, 0.3) is 11.1 Å². The number of rotatable bonds is 4. The lowest BCUT2D eigenvalue weighted by atomic mass is 10.1. The lowest BCUT2D eigenvalue weighted by molar-refractivity contribution is -0.0639. The van der Waals surface area contributed by atoms with Gasteiger partial charge in [0, 0.05) is 12.4 Å². The van der Waals surface area contributed by atoms with E-state index in [1.807, 2.05) is 0 Å². The summed E-state index contributed by atoms with van der Waals surface area (Å²) in [5, 5.41) is 15.1. The minimum absolute atomic E-state index is 0.195. The Morgan fingerprint density at radius 1 is 0.478 bits per heavy atom. The third-order valence-corrected chi connectivity index (χ3v) is 20.6. The van der Waals surface area contributed by atoms with Gasteiger partial charge in [0.05, 0.1) is 50.5 Å². The second kappa shape index (κ2) is 23.9. The Bertz CT molecular complexity index is 4180. The summed E-state index contributed by atoms with van der Waals surface area (Å²) in [5.74, 6) is -0.588. The van der Waals surface area contributed by atoms with Crippen LogP contribution in [0.3, 0.4) is 0 Å². The van der Waals surface area contributed by atoms with Crippen molar-refractivity contribution in [1.82, 2.24) is 79.0 Å². The minimum atomic E-state index is -4.37. The molecule has 4 unspecified atom stereocenters. The van der Waals surface area contributed by atoms with E-state index in [0.29, 0.717) is 0 Å². The molecule has 8 aromatic rings. The molecule has 0 radical (unpaired) electrons. The fourth-order valence-electron chi connectivity index (χ4n) is 10.4. The van der Waals surface area contributed by atoms with Crippen LogP contribution in [0.4, 0.5) is 40.8 Å². The smallest absolute Gasteiger partial charge is 0.325 e. The third kappa shape index (κ3) is 12.0. The average Bonchev–Trinajstić information content (AvgIpc) is 1.81. The highest BCUT2D eigenvalue weighted by Gasteiger charge is 2.57. The first kappa shape index (κ1) is 63.4. The van der Waals surface area contributed by atoms with Crippen molar-refractivity contribution in [2.24, 2.45) is 0 Å². The lowest BCUT2D eigenvalue weighted by Gasteiger charge is -2.27. The average molecular weight is 1420 g/mol. The summed E-state index contributed by atoms with van der Waals surface area (Å²) in [7, 11) is 0. The number of hydrogen-bond donors (Lipinski definition) is 10. The van der Waals surface area contributed by atoms with Crippen LogP contribution in [0, 0.1) is 0 Å². The summed E-state index contributed by atoms with van der Waals surface area (Å²) in [6.45, 7) is -20.2. The number of ether oxygens (including phenoxy) is 4. The number of nitrogens with one attached hydrogen (secondary N) is 2. The number of nitrogens with two attached hydrogens (primary N) is 4.